The Hall–Kier alpha value is -2.53. The van der Waals surface area contributed by atoms with Gasteiger partial charge in [0.25, 0.3) is 10.0 Å². The number of hydrogen-bond donors (Lipinski definition) is 3. The maximum Gasteiger partial charge on any atom is 0.266 e. The number of sulfonamides is 1. The summed E-state index contributed by atoms with van der Waals surface area (Å²) in [5, 5.41) is 4.98. The fourth-order valence-corrected chi connectivity index (χ4v) is 5.87. The number of thiazole rings is 1. The van der Waals surface area contributed by atoms with Gasteiger partial charge in [0.05, 0.1) is 10.7 Å². The second-order valence-electron chi connectivity index (χ2n) is 7.79. The summed E-state index contributed by atoms with van der Waals surface area (Å²) in [5.41, 5.74) is 7.21. The van der Waals surface area contributed by atoms with Crippen LogP contribution < -0.4 is 15.8 Å². The number of hydrogen-bond acceptors (Lipinski definition) is 6. The van der Waals surface area contributed by atoms with Crippen LogP contribution in [0.25, 0.3) is 5.57 Å². The lowest BCUT2D eigenvalue weighted by molar-refractivity contribution is 0.568. The van der Waals surface area contributed by atoms with Crippen molar-refractivity contribution in [2.45, 2.75) is 31.1 Å². The molecule has 35 heavy (non-hydrogen) atoms. The minimum absolute atomic E-state index is 0.0917. The van der Waals surface area contributed by atoms with E-state index in [-0.39, 0.29) is 21.9 Å². The number of rotatable bonds is 7. The number of allylic oxidation sites excluding steroid dienone is 1. The lowest BCUT2D eigenvalue weighted by Crippen LogP contribution is -2.19. The van der Waals surface area contributed by atoms with Crippen LogP contribution in [0.4, 0.5) is 19.6 Å². The van der Waals surface area contributed by atoms with Crippen molar-refractivity contribution in [3.05, 3.63) is 76.3 Å². The van der Waals surface area contributed by atoms with Gasteiger partial charge in [-0.1, -0.05) is 36.7 Å². The molecule has 0 amide bonds. The first kappa shape index (κ1) is 27.1. The molecule has 0 radical (unpaired) electrons. The Labute approximate surface area is 213 Å². The Balaban J connectivity index is 0.00000108. The highest BCUT2D eigenvalue weighted by molar-refractivity contribution is 7.93. The Morgan fingerprint density at radius 3 is 2.60 bits per heavy atom. The summed E-state index contributed by atoms with van der Waals surface area (Å²) in [6.45, 7) is 3.13. The van der Waals surface area contributed by atoms with Gasteiger partial charge in [-0.3, -0.25) is 4.72 Å². The van der Waals surface area contributed by atoms with E-state index >= 15 is 0 Å². The standard InChI is InChI=1S/C22H20ClF2N3O2S2.C2H7N/c23-18-11-21(32(29,30)28-22-26-9-10-31-22)19(25)12-20(18)27-13-15-3-1-2-4-17(15)14-5-7-16(24)8-6-14;1-2-3/h4-12,15,27H,1-3,13H2,(H,26,28);2-3H2,1H3. The van der Waals surface area contributed by atoms with E-state index in [2.05, 4.69) is 21.1 Å². The van der Waals surface area contributed by atoms with Gasteiger partial charge in [-0.25, -0.2) is 22.2 Å². The highest BCUT2D eigenvalue weighted by atomic mass is 35.5. The molecule has 3 aromatic rings. The molecule has 1 atom stereocenters. The molecule has 2 aromatic carbocycles. The van der Waals surface area contributed by atoms with Crippen molar-refractivity contribution >= 4 is 49.4 Å². The van der Waals surface area contributed by atoms with Gasteiger partial charge < -0.3 is 11.1 Å². The van der Waals surface area contributed by atoms with E-state index in [0.717, 1.165) is 60.4 Å². The first-order chi connectivity index (χ1) is 16.7. The van der Waals surface area contributed by atoms with Gasteiger partial charge in [-0.15, -0.1) is 11.3 Å². The molecular formula is C24H27ClF2N4O2S2. The second kappa shape index (κ2) is 12.4. The number of nitrogens with zero attached hydrogens (tertiary/aromatic N) is 1. The molecule has 11 heteroatoms. The molecule has 1 aromatic heterocycles. The summed E-state index contributed by atoms with van der Waals surface area (Å²) >= 11 is 7.37. The van der Waals surface area contributed by atoms with Crippen LogP contribution in [-0.4, -0.2) is 26.5 Å². The molecule has 0 fully saturated rings. The Morgan fingerprint density at radius 2 is 1.94 bits per heavy atom. The largest absolute Gasteiger partial charge is 0.383 e. The number of nitrogens with two attached hydrogens (primary N) is 1. The predicted molar refractivity (Wildman–Crippen MR) is 139 cm³/mol. The van der Waals surface area contributed by atoms with Crippen LogP contribution in [0, 0.1) is 17.6 Å². The van der Waals surface area contributed by atoms with Gasteiger partial charge in [0.15, 0.2) is 5.13 Å². The van der Waals surface area contributed by atoms with E-state index in [9.17, 15) is 17.2 Å². The Kier molecular flexibility index (Phi) is 9.62. The molecule has 0 aliphatic heterocycles. The van der Waals surface area contributed by atoms with Crippen molar-refractivity contribution < 1.29 is 17.2 Å². The molecule has 0 spiro atoms. The third kappa shape index (κ3) is 7.23. The zero-order chi connectivity index (χ0) is 25.4. The average Bonchev–Trinajstić information content (AvgIpc) is 3.33. The van der Waals surface area contributed by atoms with Crippen LogP contribution in [0.15, 0.2) is 58.9 Å². The number of aromatic nitrogens is 1. The predicted octanol–water partition coefficient (Wildman–Crippen LogP) is 6.14. The highest BCUT2D eigenvalue weighted by Crippen LogP contribution is 2.34. The molecule has 0 saturated carbocycles. The van der Waals surface area contributed by atoms with Gasteiger partial charge in [0, 0.05) is 24.0 Å². The van der Waals surface area contributed by atoms with Crippen molar-refractivity contribution in [2.24, 2.45) is 11.7 Å². The van der Waals surface area contributed by atoms with Gasteiger partial charge in [-0.2, -0.15) is 0 Å². The molecule has 4 N–H and O–H groups in total. The number of nitrogens with one attached hydrogen (secondary N) is 2. The smallest absolute Gasteiger partial charge is 0.266 e. The number of benzene rings is 2. The minimum Gasteiger partial charge on any atom is -0.383 e. The summed E-state index contributed by atoms with van der Waals surface area (Å²) in [7, 11) is -4.17. The van der Waals surface area contributed by atoms with Crippen molar-refractivity contribution in [3.63, 3.8) is 0 Å². The van der Waals surface area contributed by atoms with E-state index < -0.39 is 20.7 Å². The molecule has 0 bridgehead atoms. The van der Waals surface area contributed by atoms with E-state index in [1.54, 1.807) is 17.5 Å². The van der Waals surface area contributed by atoms with E-state index in [1.165, 1.54) is 18.3 Å². The average molecular weight is 541 g/mol. The monoisotopic (exact) mass is 540 g/mol. The summed E-state index contributed by atoms with van der Waals surface area (Å²) in [6.07, 6.45) is 6.46. The van der Waals surface area contributed by atoms with Crippen LogP contribution in [-0.2, 0) is 10.0 Å². The van der Waals surface area contributed by atoms with E-state index in [0.29, 0.717) is 12.2 Å². The Morgan fingerprint density at radius 1 is 1.23 bits per heavy atom. The molecule has 1 aliphatic carbocycles. The van der Waals surface area contributed by atoms with E-state index in [1.807, 2.05) is 6.92 Å². The van der Waals surface area contributed by atoms with Crippen molar-refractivity contribution in [1.82, 2.24) is 4.98 Å². The third-order valence-electron chi connectivity index (χ3n) is 5.24. The van der Waals surface area contributed by atoms with Crippen LogP contribution in [0.3, 0.4) is 0 Å². The lowest BCUT2D eigenvalue weighted by Gasteiger charge is -2.26. The maximum absolute atomic E-state index is 14.7. The normalized spacial score (nSPS) is 15.6. The summed E-state index contributed by atoms with van der Waals surface area (Å²) in [5.74, 6) is -1.08. The quantitative estimate of drug-likeness (QED) is 0.334. The van der Waals surface area contributed by atoms with Gasteiger partial charge in [0.2, 0.25) is 0 Å². The third-order valence-corrected chi connectivity index (χ3v) is 7.73. The first-order valence-electron chi connectivity index (χ1n) is 11.1. The molecule has 1 aliphatic rings. The van der Waals surface area contributed by atoms with Crippen LogP contribution in [0.1, 0.15) is 31.7 Å². The van der Waals surface area contributed by atoms with Gasteiger partial charge in [0.1, 0.15) is 16.5 Å². The molecular weight excluding hydrogens is 514 g/mol. The van der Waals surface area contributed by atoms with E-state index in [4.69, 9.17) is 17.3 Å². The summed E-state index contributed by atoms with van der Waals surface area (Å²) < 4.78 is 55.3. The number of halogens is 3. The van der Waals surface area contributed by atoms with Crippen molar-refractivity contribution in [1.29, 1.82) is 0 Å². The first-order valence-corrected chi connectivity index (χ1v) is 13.8. The highest BCUT2D eigenvalue weighted by Gasteiger charge is 2.24. The fraction of sp³-hybridized carbons (Fsp3) is 0.292. The number of anilines is 2. The lowest BCUT2D eigenvalue weighted by atomic mass is 9.83. The molecule has 1 heterocycles. The minimum atomic E-state index is -4.17. The molecule has 188 valence electrons. The maximum atomic E-state index is 14.7. The van der Waals surface area contributed by atoms with Crippen LogP contribution in [0.5, 0.6) is 0 Å². The van der Waals surface area contributed by atoms with Crippen LogP contribution >= 0.6 is 22.9 Å². The molecule has 4 rings (SSSR count). The second-order valence-corrected chi connectivity index (χ2v) is 10.7. The SMILES string of the molecule is CCN.O=S(=O)(Nc1nccs1)c1cc(Cl)c(NCC2CCCC=C2c2ccc(F)cc2)cc1F. The Bertz CT molecular complexity index is 1250. The zero-order valence-electron chi connectivity index (χ0n) is 19.1. The van der Waals surface area contributed by atoms with Gasteiger partial charge >= 0.3 is 0 Å². The van der Waals surface area contributed by atoms with Crippen molar-refractivity contribution in [3.8, 4) is 0 Å². The molecule has 0 saturated heterocycles. The molecule has 6 nitrogen and oxygen atoms in total. The zero-order valence-corrected chi connectivity index (χ0v) is 21.5. The van der Waals surface area contributed by atoms with Crippen molar-refractivity contribution in [2.75, 3.05) is 23.1 Å². The fourth-order valence-electron chi connectivity index (χ4n) is 3.70. The molecule has 1 unspecified atom stereocenters. The topological polar surface area (TPSA) is 97.1 Å². The van der Waals surface area contributed by atoms with Crippen LogP contribution in [0.2, 0.25) is 5.02 Å². The summed E-state index contributed by atoms with van der Waals surface area (Å²) in [6, 6.07) is 8.54. The van der Waals surface area contributed by atoms with Gasteiger partial charge in [-0.05, 0) is 61.2 Å². The summed E-state index contributed by atoms with van der Waals surface area (Å²) in [4.78, 5) is 3.30.